The van der Waals surface area contributed by atoms with Crippen LogP contribution in [0.1, 0.15) is 11.1 Å². The van der Waals surface area contributed by atoms with Gasteiger partial charge in [0.1, 0.15) is 0 Å². The fraction of sp³-hybridized carbons (Fsp3) is 0.0909. The molecule has 0 fully saturated rings. The summed E-state index contributed by atoms with van der Waals surface area (Å²) in [6, 6.07) is 18.9. The first-order valence-electron chi connectivity index (χ1n) is 9.24. The van der Waals surface area contributed by atoms with Crippen molar-refractivity contribution in [2.75, 3.05) is 10.6 Å². The number of amides is 2. The molecular weight excluding hydrogens is 473 g/mol. The predicted molar refractivity (Wildman–Crippen MR) is 117 cm³/mol. The molecule has 31 heavy (non-hydrogen) atoms. The van der Waals surface area contributed by atoms with Gasteiger partial charge in [-0.1, -0.05) is 46.3 Å². The molecule has 0 atom stereocenters. The van der Waals surface area contributed by atoms with E-state index in [4.69, 9.17) is 0 Å². The van der Waals surface area contributed by atoms with Gasteiger partial charge in [0.2, 0.25) is 5.95 Å². The van der Waals surface area contributed by atoms with Crippen molar-refractivity contribution >= 4 is 44.6 Å². The summed E-state index contributed by atoms with van der Waals surface area (Å²) in [5.74, 6) is 0.283. The molecule has 0 radical (unpaired) electrons. The van der Waals surface area contributed by atoms with E-state index >= 15 is 0 Å². The SMILES string of the molecule is O=C(Nc1cccc(C(F)(F)F)c1)Nc1nc2ccccc2n1Cc1cccc(Br)c1. The van der Waals surface area contributed by atoms with E-state index in [0.29, 0.717) is 12.1 Å². The van der Waals surface area contributed by atoms with E-state index in [2.05, 4.69) is 31.5 Å². The van der Waals surface area contributed by atoms with Gasteiger partial charge in [-0.05, 0) is 48.0 Å². The number of urea groups is 1. The molecule has 5 nitrogen and oxygen atoms in total. The number of para-hydroxylation sites is 2. The molecule has 2 N–H and O–H groups in total. The number of alkyl halides is 3. The Morgan fingerprint density at radius 2 is 1.74 bits per heavy atom. The fourth-order valence-corrected chi connectivity index (χ4v) is 3.63. The number of nitrogens with zero attached hydrogens (tertiary/aromatic N) is 2. The molecule has 0 saturated carbocycles. The molecule has 0 aliphatic heterocycles. The molecule has 0 aliphatic rings. The van der Waals surface area contributed by atoms with Gasteiger partial charge < -0.3 is 9.88 Å². The standard InChI is InChI=1S/C22H16BrF3N4O/c23-16-7-3-5-14(11-16)13-30-19-10-2-1-9-18(19)28-20(30)29-21(31)27-17-8-4-6-15(12-17)22(24,25)26/h1-12H,13H2,(H2,27,28,29,31). The minimum Gasteiger partial charge on any atom is -0.308 e. The summed E-state index contributed by atoms with van der Waals surface area (Å²) in [6.45, 7) is 0.444. The van der Waals surface area contributed by atoms with Gasteiger partial charge in [0, 0.05) is 10.2 Å². The van der Waals surface area contributed by atoms with Crippen LogP contribution >= 0.6 is 15.9 Å². The van der Waals surface area contributed by atoms with Crippen molar-refractivity contribution in [2.24, 2.45) is 0 Å². The number of fused-ring (bicyclic) bond motifs is 1. The predicted octanol–water partition coefficient (Wildman–Crippen LogP) is 6.51. The smallest absolute Gasteiger partial charge is 0.308 e. The molecule has 1 aromatic heterocycles. The Hall–Kier alpha value is -3.33. The Balaban J connectivity index is 1.60. The largest absolute Gasteiger partial charge is 0.416 e. The molecule has 3 aromatic carbocycles. The lowest BCUT2D eigenvalue weighted by Crippen LogP contribution is -2.22. The molecule has 0 aliphatic carbocycles. The van der Waals surface area contributed by atoms with Crippen LogP contribution in [0, 0.1) is 0 Å². The molecule has 1 heterocycles. The van der Waals surface area contributed by atoms with Crippen LogP contribution in [-0.4, -0.2) is 15.6 Å². The molecule has 4 aromatic rings. The first kappa shape index (κ1) is 20.9. The van der Waals surface area contributed by atoms with Crippen LogP contribution in [0.2, 0.25) is 0 Å². The minimum atomic E-state index is -4.49. The summed E-state index contributed by atoms with van der Waals surface area (Å²) < 4.78 is 41.5. The molecule has 4 rings (SSSR count). The van der Waals surface area contributed by atoms with E-state index in [1.165, 1.54) is 12.1 Å². The Morgan fingerprint density at radius 1 is 0.968 bits per heavy atom. The van der Waals surface area contributed by atoms with Gasteiger partial charge in [0.05, 0.1) is 23.1 Å². The van der Waals surface area contributed by atoms with Crippen LogP contribution < -0.4 is 10.6 Å². The van der Waals surface area contributed by atoms with Crippen LogP contribution in [-0.2, 0) is 12.7 Å². The highest BCUT2D eigenvalue weighted by Gasteiger charge is 2.30. The maximum Gasteiger partial charge on any atom is 0.416 e. The summed E-state index contributed by atoms with van der Waals surface area (Å²) in [7, 11) is 0. The van der Waals surface area contributed by atoms with Gasteiger partial charge in [-0.3, -0.25) is 5.32 Å². The highest BCUT2D eigenvalue weighted by Crippen LogP contribution is 2.30. The van der Waals surface area contributed by atoms with Crippen molar-refractivity contribution in [3.63, 3.8) is 0 Å². The Morgan fingerprint density at radius 3 is 2.52 bits per heavy atom. The van der Waals surface area contributed by atoms with Gasteiger partial charge >= 0.3 is 12.2 Å². The lowest BCUT2D eigenvalue weighted by molar-refractivity contribution is -0.137. The van der Waals surface area contributed by atoms with Gasteiger partial charge in [0.15, 0.2) is 0 Å². The lowest BCUT2D eigenvalue weighted by atomic mass is 10.2. The second-order valence-electron chi connectivity index (χ2n) is 6.80. The number of hydrogen-bond donors (Lipinski definition) is 2. The van der Waals surface area contributed by atoms with Crippen LogP contribution in [0.15, 0.2) is 77.3 Å². The molecule has 158 valence electrons. The van der Waals surface area contributed by atoms with Gasteiger partial charge in [-0.2, -0.15) is 13.2 Å². The van der Waals surface area contributed by atoms with Crippen LogP contribution in [0.25, 0.3) is 11.0 Å². The zero-order valence-corrected chi connectivity index (χ0v) is 17.5. The zero-order chi connectivity index (χ0) is 22.0. The highest BCUT2D eigenvalue weighted by atomic mass is 79.9. The maximum absolute atomic E-state index is 12.9. The van der Waals surface area contributed by atoms with Gasteiger partial charge in [-0.15, -0.1) is 0 Å². The van der Waals surface area contributed by atoms with Crippen LogP contribution in [0.3, 0.4) is 0 Å². The Bertz CT molecular complexity index is 1250. The van der Waals surface area contributed by atoms with Crippen molar-refractivity contribution in [3.8, 4) is 0 Å². The topological polar surface area (TPSA) is 59.0 Å². The summed E-state index contributed by atoms with van der Waals surface area (Å²) in [6.07, 6.45) is -4.49. The first-order valence-corrected chi connectivity index (χ1v) is 10.0. The van der Waals surface area contributed by atoms with E-state index in [1.54, 1.807) is 0 Å². The number of imidazole rings is 1. The summed E-state index contributed by atoms with van der Waals surface area (Å²) in [5.41, 5.74) is 1.68. The molecule has 0 spiro atoms. The normalized spacial score (nSPS) is 11.5. The number of rotatable bonds is 4. The van der Waals surface area contributed by atoms with Crippen LogP contribution in [0.4, 0.5) is 29.6 Å². The summed E-state index contributed by atoms with van der Waals surface area (Å²) in [5, 5.41) is 5.09. The van der Waals surface area contributed by atoms with Gasteiger partial charge in [-0.25, -0.2) is 9.78 Å². The van der Waals surface area contributed by atoms with Crippen molar-refractivity contribution in [2.45, 2.75) is 12.7 Å². The monoisotopic (exact) mass is 488 g/mol. The quantitative estimate of drug-likeness (QED) is 0.344. The maximum atomic E-state index is 12.9. The number of aromatic nitrogens is 2. The van der Waals surface area contributed by atoms with E-state index in [-0.39, 0.29) is 11.6 Å². The Kier molecular flexibility index (Phi) is 5.69. The van der Waals surface area contributed by atoms with E-state index < -0.39 is 17.8 Å². The van der Waals surface area contributed by atoms with E-state index in [1.807, 2.05) is 53.1 Å². The minimum absolute atomic E-state index is 0.0296. The molecule has 0 bridgehead atoms. The molecule has 2 amide bonds. The number of halogens is 4. The average Bonchev–Trinajstić information content (AvgIpc) is 3.04. The van der Waals surface area contributed by atoms with Gasteiger partial charge in [0.25, 0.3) is 0 Å². The highest BCUT2D eigenvalue weighted by molar-refractivity contribution is 9.10. The fourth-order valence-electron chi connectivity index (χ4n) is 3.19. The number of anilines is 2. The molecule has 0 unspecified atom stereocenters. The lowest BCUT2D eigenvalue weighted by Gasteiger charge is -2.12. The van der Waals surface area contributed by atoms with Crippen molar-refractivity contribution in [1.29, 1.82) is 0 Å². The van der Waals surface area contributed by atoms with Crippen molar-refractivity contribution in [1.82, 2.24) is 9.55 Å². The second kappa shape index (κ2) is 8.43. The van der Waals surface area contributed by atoms with E-state index in [0.717, 1.165) is 27.7 Å². The average molecular weight is 489 g/mol. The summed E-state index contributed by atoms with van der Waals surface area (Å²) in [4.78, 5) is 17.0. The third kappa shape index (κ3) is 4.88. The molecule has 9 heteroatoms. The van der Waals surface area contributed by atoms with E-state index in [9.17, 15) is 18.0 Å². The molecular formula is C22H16BrF3N4O. The van der Waals surface area contributed by atoms with Crippen molar-refractivity contribution < 1.29 is 18.0 Å². The second-order valence-corrected chi connectivity index (χ2v) is 7.71. The zero-order valence-electron chi connectivity index (χ0n) is 15.9. The Labute approximate surface area is 184 Å². The number of nitrogens with one attached hydrogen (secondary N) is 2. The number of benzene rings is 3. The number of carbonyl (C=O) groups is 1. The number of hydrogen-bond acceptors (Lipinski definition) is 2. The number of carbonyl (C=O) groups excluding carboxylic acids is 1. The third-order valence-corrected chi connectivity index (χ3v) is 5.05. The van der Waals surface area contributed by atoms with Crippen molar-refractivity contribution in [3.05, 3.63) is 88.4 Å². The third-order valence-electron chi connectivity index (χ3n) is 4.56. The summed E-state index contributed by atoms with van der Waals surface area (Å²) >= 11 is 3.45. The van der Waals surface area contributed by atoms with Crippen LogP contribution in [0.5, 0.6) is 0 Å². The first-order chi connectivity index (χ1) is 14.8. The molecule has 0 saturated heterocycles.